The summed E-state index contributed by atoms with van der Waals surface area (Å²) in [6.45, 7) is 3.64. The van der Waals surface area contributed by atoms with Gasteiger partial charge in [0.2, 0.25) is 0 Å². The molecule has 0 aliphatic carbocycles. The Balaban J connectivity index is 1.76. The number of nitrogens with zero attached hydrogens (tertiary/aromatic N) is 3. The van der Waals surface area contributed by atoms with Gasteiger partial charge in [-0.3, -0.25) is 0 Å². The third kappa shape index (κ3) is 2.96. The molecule has 2 aromatic heterocycles. The molecular formula is C15H14Cl2N4. The Morgan fingerprint density at radius 1 is 1.19 bits per heavy atom. The topological polar surface area (TPSA) is 42.7 Å². The summed E-state index contributed by atoms with van der Waals surface area (Å²) in [5.74, 6) is 0.724. The van der Waals surface area contributed by atoms with E-state index in [9.17, 15) is 0 Å². The van der Waals surface area contributed by atoms with Gasteiger partial charge < -0.3 is 9.88 Å². The number of aromatic nitrogens is 3. The highest BCUT2D eigenvalue weighted by molar-refractivity contribution is 6.35. The first-order valence-corrected chi connectivity index (χ1v) is 7.36. The summed E-state index contributed by atoms with van der Waals surface area (Å²) >= 11 is 12.1. The highest BCUT2D eigenvalue weighted by atomic mass is 35.5. The molecule has 2 heterocycles. The smallest absolute Gasteiger partial charge is 0.134 e. The van der Waals surface area contributed by atoms with Crippen molar-refractivity contribution in [2.45, 2.75) is 13.5 Å². The van der Waals surface area contributed by atoms with Crippen molar-refractivity contribution in [1.82, 2.24) is 14.5 Å². The summed E-state index contributed by atoms with van der Waals surface area (Å²) < 4.78 is 2.23. The van der Waals surface area contributed by atoms with E-state index < -0.39 is 0 Å². The Bertz CT molecular complexity index is 782. The normalized spacial score (nSPS) is 11.0. The van der Waals surface area contributed by atoms with E-state index in [-0.39, 0.29) is 0 Å². The van der Waals surface area contributed by atoms with Crippen LogP contribution in [0, 0.1) is 6.92 Å². The SMILES string of the molecule is Cc1cc2c(Cl)cccc2n1CCNc1cc(Cl)ncn1. The second-order valence-corrected chi connectivity index (χ2v) is 5.56. The van der Waals surface area contributed by atoms with Crippen molar-refractivity contribution in [3.8, 4) is 0 Å². The van der Waals surface area contributed by atoms with Crippen molar-refractivity contribution >= 4 is 39.9 Å². The Kier molecular flexibility index (Phi) is 3.99. The molecule has 3 rings (SSSR count). The lowest BCUT2D eigenvalue weighted by Crippen LogP contribution is -2.12. The van der Waals surface area contributed by atoms with E-state index in [0.29, 0.717) is 5.15 Å². The largest absolute Gasteiger partial charge is 0.368 e. The molecular weight excluding hydrogens is 307 g/mol. The molecule has 4 nitrogen and oxygen atoms in total. The number of fused-ring (bicyclic) bond motifs is 1. The lowest BCUT2D eigenvalue weighted by molar-refractivity contribution is 0.733. The fraction of sp³-hybridized carbons (Fsp3) is 0.200. The van der Waals surface area contributed by atoms with E-state index in [0.717, 1.165) is 34.8 Å². The summed E-state index contributed by atoms with van der Waals surface area (Å²) in [6, 6.07) is 9.78. The molecule has 21 heavy (non-hydrogen) atoms. The van der Waals surface area contributed by atoms with E-state index >= 15 is 0 Å². The monoisotopic (exact) mass is 320 g/mol. The number of aryl methyl sites for hydroxylation is 1. The van der Waals surface area contributed by atoms with Crippen LogP contribution >= 0.6 is 23.2 Å². The van der Waals surface area contributed by atoms with Crippen molar-refractivity contribution in [3.63, 3.8) is 0 Å². The maximum Gasteiger partial charge on any atom is 0.134 e. The van der Waals surface area contributed by atoms with E-state index in [4.69, 9.17) is 23.2 Å². The fourth-order valence-electron chi connectivity index (χ4n) is 2.40. The minimum atomic E-state index is 0.432. The van der Waals surface area contributed by atoms with Crippen LogP contribution in [-0.4, -0.2) is 21.1 Å². The Morgan fingerprint density at radius 3 is 2.86 bits per heavy atom. The lowest BCUT2D eigenvalue weighted by Gasteiger charge is -2.10. The molecule has 0 saturated carbocycles. The van der Waals surface area contributed by atoms with Gasteiger partial charge in [0.1, 0.15) is 17.3 Å². The summed E-state index contributed by atoms with van der Waals surface area (Å²) in [6.07, 6.45) is 1.45. The molecule has 6 heteroatoms. The van der Waals surface area contributed by atoms with Crippen LogP contribution in [0.1, 0.15) is 5.69 Å². The highest BCUT2D eigenvalue weighted by Gasteiger charge is 2.07. The predicted molar refractivity (Wildman–Crippen MR) is 87.2 cm³/mol. The first kappa shape index (κ1) is 14.2. The third-order valence-electron chi connectivity index (χ3n) is 3.37. The van der Waals surface area contributed by atoms with Gasteiger partial charge in [-0.2, -0.15) is 0 Å². The minimum absolute atomic E-state index is 0.432. The maximum atomic E-state index is 6.23. The first-order chi connectivity index (χ1) is 10.1. The van der Waals surface area contributed by atoms with Crippen LogP contribution < -0.4 is 5.32 Å². The molecule has 0 unspecified atom stereocenters. The number of anilines is 1. The van der Waals surface area contributed by atoms with Gasteiger partial charge >= 0.3 is 0 Å². The van der Waals surface area contributed by atoms with E-state index in [1.165, 1.54) is 12.0 Å². The molecule has 0 aliphatic rings. The van der Waals surface area contributed by atoms with Crippen LogP contribution in [-0.2, 0) is 6.54 Å². The predicted octanol–water partition coefficient (Wildman–Crippen LogP) is 4.16. The van der Waals surface area contributed by atoms with Crippen molar-refractivity contribution in [3.05, 3.63) is 52.5 Å². The zero-order chi connectivity index (χ0) is 14.8. The zero-order valence-electron chi connectivity index (χ0n) is 11.5. The second-order valence-electron chi connectivity index (χ2n) is 4.76. The Hall–Kier alpha value is -1.78. The van der Waals surface area contributed by atoms with Crippen LogP contribution in [0.25, 0.3) is 10.9 Å². The first-order valence-electron chi connectivity index (χ1n) is 6.61. The van der Waals surface area contributed by atoms with Gasteiger partial charge in [0.15, 0.2) is 0 Å². The van der Waals surface area contributed by atoms with Gasteiger partial charge in [-0.25, -0.2) is 9.97 Å². The van der Waals surface area contributed by atoms with Gasteiger partial charge in [0, 0.05) is 40.8 Å². The van der Waals surface area contributed by atoms with Crippen LogP contribution in [0.5, 0.6) is 0 Å². The molecule has 3 aromatic rings. The van der Waals surface area contributed by atoms with Gasteiger partial charge in [-0.1, -0.05) is 29.3 Å². The fourth-order valence-corrected chi connectivity index (χ4v) is 2.77. The van der Waals surface area contributed by atoms with Crippen LogP contribution in [0.15, 0.2) is 36.7 Å². The molecule has 0 atom stereocenters. The third-order valence-corrected chi connectivity index (χ3v) is 3.91. The van der Waals surface area contributed by atoms with Crippen LogP contribution in [0.3, 0.4) is 0 Å². The highest BCUT2D eigenvalue weighted by Crippen LogP contribution is 2.26. The molecule has 0 radical (unpaired) electrons. The number of halogens is 2. The number of hydrogen-bond donors (Lipinski definition) is 1. The van der Waals surface area contributed by atoms with Crippen molar-refractivity contribution in [2.24, 2.45) is 0 Å². The van der Waals surface area contributed by atoms with Crippen LogP contribution in [0.4, 0.5) is 5.82 Å². The molecule has 1 aromatic carbocycles. The number of rotatable bonds is 4. The maximum absolute atomic E-state index is 6.23. The molecule has 0 spiro atoms. The lowest BCUT2D eigenvalue weighted by atomic mass is 10.2. The molecule has 0 fully saturated rings. The summed E-state index contributed by atoms with van der Waals surface area (Å²) in [4.78, 5) is 7.98. The number of hydrogen-bond acceptors (Lipinski definition) is 3. The van der Waals surface area contributed by atoms with E-state index in [1.807, 2.05) is 12.1 Å². The quantitative estimate of drug-likeness (QED) is 0.734. The van der Waals surface area contributed by atoms with E-state index in [2.05, 4.69) is 38.9 Å². The number of nitrogens with one attached hydrogen (secondary N) is 1. The molecule has 108 valence electrons. The molecule has 1 N–H and O–H groups in total. The average molecular weight is 321 g/mol. The summed E-state index contributed by atoms with van der Waals surface area (Å²) in [5.41, 5.74) is 2.32. The summed E-state index contributed by atoms with van der Waals surface area (Å²) in [5, 5.41) is 5.54. The Morgan fingerprint density at radius 2 is 2.05 bits per heavy atom. The zero-order valence-corrected chi connectivity index (χ0v) is 13.0. The van der Waals surface area contributed by atoms with Gasteiger partial charge in [0.05, 0.1) is 0 Å². The van der Waals surface area contributed by atoms with Gasteiger partial charge in [-0.05, 0) is 25.1 Å². The molecule has 0 amide bonds. The molecule has 0 bridgehead atoms. The standard InChI is InChI=1S/C15H14Cl2N4/c1-10-7-11-12(16)3-2-4-13(11)21(10)6-5-18-15-8-14(17)19-9-20-15/h2-4,7-9H,5-6H2,1H3,(H,18,19,20). The van der Waals surface area contributed by atoms with E-state index in [1.54, 1.807) is 6.07 Å². The van der Waals surface area contributed by atoms with Gasteiger partial charge in [0.25, 0.3) is 0 Å². The van der Waals surface area contributed by atoms with Crippen molar-refractivity contribution in [1.29, 1.82) is 0 Å². The average Bonchev–Trinajstić information content (AvgIpc) is 2.77. The minimum Gasteiger partial charge on any atom is -0.368 e. The van der Waals surface area contributed by atoms with Crippen molar-refractivity contribution in [2.75, 3.05) is 11.9 Å². The number of benzene rings is 1. The molecule has 0 aliphatic heterocycles. The van der Waals surface area contributed by atoms with Crippen LogP contribution in [0.2, 0.25) is 10.2 Å². The Labute approximate surface area is 132 Å². The summed E-state index contributed by atoms with van der Waals surface area (Å²) in [7, 11) is 0. The van der Waals surface area contributed by atoms with Crippen molar-refractivity contribution < 1.29 is 0 Å². The van der Waals surface area contributed by atoms with Gasteiger partial charge in [-0.15, -0.1) is 0 Å². The molecule has 0 saturated heterocycles. The second kappa shape index (κ2) is 5.92.